The second-order valence-corrected chi connectivity index (χ2v) is 5.54. The van der Waals surface area contributed by atoms with Gasteiger partial charge in [0.05, 0.1) is 19.3 Å². The van der Waals surface area contributed by atoms with Crippen LogP contribution in [-0.4, -0.2) is 28.1 Å². The van der Waals surface area contributed by atoms with Gasteiger partial charge in [0.2, 0.25) is 0 Å². The Labute approximate surface area is 117 Å². The summed E-state index contributed by atoms with van der Waals surface area (Å²) < 4.78 is 35.0. The zero-order chi connectivity index (χ0) is 14.6. The molecular formula is C13H15NO5S. The third-order valence-corrected chi connectivity index (χ3v) is 3.78. The Bertz CT molecular complexity index is 621. The van der Waals surface area contributed by atoms with Crippen molar-refractivity contribution in [2.24, 2.45) is 0 Å². The summed E-state index contributed by atoms with van der Waals surface area (Å²) in [5.74, 6) is -0.587. The lowest BCUT2D eigenvalue weighted by molar-refractivity contribution is -0.133. The van der Waals surface area contributed by atoms with E-state index in [4.69, 9.17) is 8.92 Å². The molecule has 108 valence electrons. The van der Waals surface area contributed by atoms with Crippen molar-refractivity contribution in [2.45, 2.75) is 12.8 Å². The highest BCUT2D eigenvalue weighted by atomic mass is 32.2. The minimum Gasteiger partial charge on any atom is -0.465 e. The lowest BCUT2D eigenvalue weighted by Crippen LogP contribution is -2.25. The van der Waals surface area contributed by atoms with Gasteiger partial charge in [-0.1, -0.05) is 30.3 Å². The van der Waals surface area contributed by atoms with Crippen molar-refractivity contribution < 1.29 is 22.1 Å². The normalized spacial score (nSPS) is 20.4. The number of carbonyl (C=O) groups is 1. The van der Waals surface area contributed by atoms with Gasteiger partial charge in [-0.15, -0.1) is 0 Å². The molecule has 6 nitrogen and oxygen atoms in total. The molecule has 1 fully saturated rings. The lowest BCUT2D eigenvalue weighted by atomic mass is 10.0. The standard InChI is InChI=1S/C13H15NO5S/c1-18-13(15)12(10-6-3-2-4-7-10)11-8-5-9-19-20(16,17)14-11/h2-4,6-7,14H,5,8-9H2,1H3/b12-11-. The molecule has 0 saturated carbocycles. The molecule has 0 radical (unpaired) electrons. The Morgan fingerprint density at radius 1 is 1.30 bits per heavy atom. The van der Waals surface area contributed by atoms with Crippen molar-refractivity contribution >= 4 is 21.8 Å². The topological polar surface area (TPSA) is 81.7 Å². The molecule has 20 heavy (non-hydrogen) atoms. The van der Waals surface area contributed by atoms with Crippen LogP contribution in [0, 0.1) is 0 Å². The number of hydrogen-bond acceptors (Lipinski definition) is 5. The molecule has 0 bridgehead atoms. The van der Waals surface area contributed by atoms with Gasteiger partial charge in [0.15, 0.2) is 0 Å². The zero-order valence-electron chi connectivity index (χ0n) is 11.0. The summed E-state index contributed by atoms with van der Waals surface area (Å²) in [6, 6.07) is 8.78. The van der Waals surface area contributed by atoms with Crippen LogP contribution >= 0.6 is 0 Å². The molecule has 0 aromatic heterocycles. The Morgan fingerprint density at radius 2 is 2.00 bits per heavy atom. The zero-order valence-corrected chi connectivity index (χ0v) is 11.8. The fraction of sp³-hybridized carbons (Fsp3) is 0.308. The van der Waals surface area contributed by atoms with Crippen LogP contribution in [0.15, 0.2) is 36.0 Å². The number of carbonyl (C=O) groups excluding carboxylic acids is 1. The van der Waals surface area contributed by atoms with Gasteiger partial charge >= 0.3 is 16.3 Å². The number of ether oxygens (including phenoxy) is 1. The molecule has 0 spiro atoms. The van der Waals surface area contributed by atoms with Crippen LogP contribution in [0.1, 0.15) is 18.4 Å². The first kappa shape index (κ1) is 14.5. The van der Waals surface area contributed by atoms with Crippen LogP contribution < -0.4 is 4.72 Å². The summed E-state index contributed by atoms with van der Waals surface area (Å²) in [6.45, 7) is 0.0854. The lowest BCUT2D eigenvalue weighted by Gasteiger charge is -2.13. The molecular weight excluding hydrogens is 282 g/mol. The van der Waals surface area contributed by atoms with Crippen molar-refractivity contribution in [1.29, 1.82) is 0 Å². The van der Waals surface area contributed by atoms with E-state index in [1.165, 1.54) is 7.11 Å². The molecule has 1 N–H and O–H groups in total. The third kappa shape index (κ3) is 3.37. The van der Waals surface area contributed by atoms with Crippen molar-refractivity contribution in [3.63, 3.8) is 0 Å². The largest absolute Gasteiger partial charge is 0.465 e. The van der Waals surface area contributed by atoms with E-state index in [1.807, 2.05) is 6.07 Å². The van der Waals surface area contributed by atoms with Crippen LogP contribution in [0.4, 0.5) is 0 Å². The quantitative estimate of drug-likeness (QED) is 0.655. The number of nitrogens with one attached hydrogen (secondary N) is 1. The Kier molecular flexibility index (Phi) is 4.41. The number of methoxy groups -OCH3 is 1. The highest BCUT2D eigenvalue weighted by Gasteiger charge is 2.24. The molecule has 2 rings (SSSR count). The summed E-state index contributed by atoms with van der Waals surface area (Å²) >= 11 is 0. The van der Waals surface area contributed by atoms with Gasteiger partial charge in [-0.25, -0.2) is 4.79 Å². The van der Waals surface area contributed by atoms with E-state index in [0.717, 1.165) is 0 Å². The molecule has 7 heteroatoms. The van der Waals surface area contributed by atoms with Crippen LogP contribution in [0.5, 0.6) is 0 Å². The molecule has 0 amide bonds. The van der Waals surface area contributed by atoms with Gasteiger partial charge < -0.3 is 4.74 Å². The number of benzene rings is 1. The molecule has 1 aliphatic rings. The second-order valence-electron chi connectivity index (χ2n) is 4.19. The molecule has 0 aliphatic carbocycles. The third-order valence-electron chi connectivity index (χ3n) is 2.81. The average molecular weight is 297 g/mol. The highest BCUT2D eigenvalue weighted by Crippen LogP contribution is 2.24. The van der Waals surface area contributed by atoms with Crippen molar-refractivity contribution in [3.05, 3.63) is 41.6 Å². The van der Waals surface area contributed by atoms with Gasteiger partial charge in [-0.2, -0.15) is 8.42 Å². The molecule has 1 aliphatic heterocycles. The maximum Gasteiger partial charge on any atom is 0.359 e. The van der Waals surface area contributed by atoms with E-state index in [1.54, 1.807) is 24.3 Å². The summed E-state index contributed by atoms with van der Waals surface area (Å²) in [5, 5.41) is 0. The van der Waals surface area contributed by atoms with Gasteiger partial charge in [0.1, 0.15) is 0 Å². The van der Waals surface area contributed by atoms with Crippen LogP contribution in [0.3, 0.4) is 0 Å². The van der Waals surface area contributed by atoms with Gasteiger partial charge in [-0.3, -0.25) is 8.91 Å². The molecule has 0 atom stereocenters. The van der Waals surface area contributed by atoms with E-state index in [0.29, 0.717) is 24.1 Å². The monoisotopic (exact) mass is 297 g/mol. The molecule has 1 saturated heterocycles. The predicted molar refractivity (Wildman–Crippen MR) is 72.6 cm³/mol. The van der Waals surface area contributed by atoms with Gasteiger partial charge in [0, 0.05) is 5.70 Å². The fourth-order valence-corrected chi connectivity index (χ4v) is 2.85. The van der Waals surface area contributed by atoms with Crippen LogP contribution in [-0.2, 0) is 24.0 Å². The SMILES string of the molecule is COC(=O)/C(=C1/CCCOS(=O)(=O)N1)c1ccccc1. The summed E-state index contributed by atoms with van der Waals surface area (Å²) in [6.07, 6.45) is 0.882. The maximum absolute atomic E-state index is 12.0. The highest BCUT2D eigenvalue weighted by molar-refractivity contribution is 7.84. The average Bonchev–Trinajstić information content (AvgIpc) is 2.61. The number of hydrogen-bond donors (Lipinski definition) is 1. The van der Waals surface area contributed by atoms with Crippen molar-refractivity contribution in [2.75, 3.05) is 13.7 Å². The first-order valence-electron chi connectivity index (χ1n) is 6.07. The van der Waals surface area contributed by atoms with Crippen molar-refractivity contribution in [3.8, 4) is 0 Å². The molecule has 1 aromatic rings. The van der Waals surface area contributed by atoms with Crippen molar-refractivity contribution in [1.82, 2.24) is 4.72 Å². The number of esters is 1. The van der Waals surface area contributed by atoms with Crippen LogP contribution in [0.2, 0.25) is 0 Å². The van der Waals surface area contributed by atoms with Gasteiger partial charge in [-0.05, 0) is 18.4 Å². The fourth-order valence-electron chi connectivity index (χ4n) is 1.95. The molecule has 0 unspecified atom stereocenters. The van der Waals surface area contributed by atoms with E-state index >= 15 is 0 Å². The summed E-state index contributed by atoms with van der Waals surface area (Å²) in [7, 11) is -2.62. The van der Waals surface area contributed by atoms with E-state index in [-0.39, 0.29) is 12.2 Å². The predicted octanol–water partition coefficient (Wildman–Crippen LogP) is 1.22. The summed E-state index contributed by atoms with van der Waals surface area (Å²) in [5.41, 5.74) is 1.10. The smallest absolute Gasteiger partial charge is 0.359 e. The Hall–Kier alpha value is -1.86. The molecule has 1 aromatic carbocycles. The van der Waals surface area contributed by atoms with Gasteiger partial charge in [0.25, 0.3) is 0 Å². The number of allylic oxidation sites excluding steroid dienone is 1. The minimum atomic E-state index is -3.88. The second kappa shape index (κ2) is 6.06. The number of rotatable bonds is 2. The first-order chi connectivity index (χ1) is 9.53. The minimum absolute atomic E-state index is 0.0854. The Morgan fingerprint density at radius 3 is 2.65 bits per heavy atom. The molecule has 1 heterocycles. The van der Waals surface area contributed by atoms with E-state index in [9.17, 15) is 13.2 Å². The maximum atomic E-state index is 12.0. The van der Waals surface area contributed by atoms with E-state index in [2.05, 4.69) is 4.72 Å². The Balaban J connectivity index is 2.54. The first-order valence-corrected chi connectivity index (χ1v) is 7.48. The van der Waals surface area contributed by atoms with Crippen LogP contribution in [0.25, 0.3) is 5.57 Å². The van der Waals surface area contributed by atoms with E-state index < -0.39 is 16.3 Å². The summed E-state index contributed by atoms with van der Waals surface area (Å²) in [4.78, 5) is 12.0.